The number of hydrogen-bond acceptors (Lipinski definition) is 5. The highest BCUT2D eigenvalue weighted by molar-refractivity contribution is 7.89. The smallest absolute Gasteiger partial charge is 0.246 e. The Morgan fingerprint density at radius 2 is 2.00 bits per heavy atom. The molecule has 20 heavy (non-hydrogen) atoms. The largest absolute Gasteiger partial charge is 0.389 e. The van der Waals surface area contributed by atoms with Crippen LogP contribution in [0.5, 0.6) is 0 Å². The van der Waals surface area contributed by atoms with Gasteiger partial charge < -0.3 is 10.8 Å². The Labute approximate surface area is 119 Å². The molecule has 0 saturated heterocycles. The second-order valence-electron chi connectivity index (χ2n) is 5.53. The molecule has 1 aliphatic rings. The Bertz CT molecular complexity index is 588. The van der Waals surface area contributed by atoms with E-state index in [0.717, 1.165) is 19.3 Å². The predicted molar refractivity (Wildman–Crippen MR) is 75.6 cm³/mol. The minimum atomic E-state index is -3.76. The predicted octanol–water partition coefficient (Wildman–Crippen LogP) is 0.284. The summed E-state index contributed by atoms with van der Waals surface area (Å²) in [6.07, 6.45) is 4.18. The van der Waals surface area contributed by atoms with Crippen molar-refractivity contribution < 1.29 is 13.5 Å². The van der Waals surface area contributed by atoms with E-state index in [1.54, 1.807) is 14.0 Å². The summed E-state index contributed by atoms with van der Waals surface area (Å²) in [4.78, 5) is -0.000547. The second-order valence-corrected chi connectivity index (χ2v) is 7.24. The molecule has 1 aromatic heterocycles. The Hall–Kier alpha value is -1.12. The molecule has 7 nitrogen and oxygen atoms in total. The zero-order chi connectivity index (χ0) is 15.0. The molecule has 1 saturated carbocycles. The maximum Gasteiger partial charge on any atom is 0.246 e. The zero-order valence-electron chi connectivity index (χ0n) is 11.9. The fraction of sp³-hybridized carbons (Fsp3) is 0.750. The van der Waals surface area contributed by atoms with E-state index in [2.05, 4.69) is 9.82 Å². The number of sulfonamides is 1. The van der Waals surface area contributed by atoms with E-state index in [0.29, 0.717) is 18.5 Å². The molecule has 0 spiro atoms. The molecular formula is C12H22N4O3S. The van der Waals surface area contributed by atoms with Gasteiger partial charge in [-0.3, -0.25) is 4.68 Å². The highest BCUT2D eigenvalue weighted by Crippen LogP contribution is 2.28. The van der Waals surface area contributed by atoms with E-state index in [1.165, 1.54) is 4.68 Å². The first-order chi connectivity index (χ1) is 9.25. The summed E-state index contributed by atoms with van der Waals surface area (Å²) in [5.41, 5.74) is 5.19. The van der Waals surface area contributed by atoms with Crippen molar-refractivity contribution in [2.24, 2.45) is 7.05 Å². The number of hydrogen-bond donors (Lipinski definition) is 3. The molecule has 0 unspecified atom stereocenters. The van der Waals surface area contributed by atoms with E-state index in [1.807, 2.05) is 0 Å². The highest BCUT2D eigenvalue weighted by atomic mass is 32.2. The lowest BCUT2D eigenvalue weighted by Gasteiger charge is -2.32. The van der Waals surface area contributed by atoms with Crippen molar-refractivity contribution in [3.63, 3.8) is 0 Å². The van der Waals surface area contributed by atoms with E-state index >= 15 is 0 Å². The van der Waals surface area contributed by atoms with E-state index < -0.39 is 15.6 Å². The lowest BCUT2D eigenvalue weighted by molar-refractivity contribution is 0.00945. The number of rotatable bonds is 4. The molecule has 1 aromatic rings. The van der Waals surface area contributed by atoms with Gasteiger partial charge in [0.25, 0.3) is 0 Å². The van der Waals surface area contributed by atoms with Crippen LogP contribution in [0.2, 0.25) is 0 Å². The number of anilines is 1. The Kier molecular flexibility index (Phi) is 4.08. The van der Waals surface area contributed by atoms with Crippen molar-refractivity contribution in [3.8, 4) is 0 Å². The summed E-state index contributed by atoms with van der Waals surface area (Å²) < 4.78 is 28.5. The molecule has 114 valence electrons. The zero-order valence-corrected chi connectivity index (χ0v) is 12.7. The van der Waals surface area contributed by atoms with E-state index in [4.69, 9.17) is 5.73 Å². The molecule has 8 heteroatoms. The number of aryl methyl sites for hydroxylation is 1. The standard InChI is InChI=1S/C12H22N4O3S/c1-9-10(11(13)15-16(9)2)20(18,19)14-8-12(17)6-4-3-5-7-12/h14,17H,3-8H2,1-2H3,(H2,13,15). The van der Waals surface area contributed by atoms with Gasteiger partial charge in [0, 0.05) is 13.6 Å². The third kappa shape index (κ3) is 2.97. The molecule has 4 N–H and O–H groups in total. The minimum absolute atomic E-state index is 0.000547. The van der Waals surface area contributed by atoms with Crippen LogP contribution in [0.1, 0.15) is 37.8 Å². The monoisotopic (exact) mass is 302 g/mol. The average Bonchev–Trinajstić information content (AvgIpc) is 2.63. The number of nitrogens with two attached hydrogens (primary N) is 1. The first-order valence-electron chi connectivity index (χ1n) is 6.76. The van der Waals surface area contributed by atoms with Crippen molar-refractivity contribution in [1.29, 1.82) is 0 Å². The molecule has 2 rings (SSSR count). The third-order valence-corrected chi connectivity index (χ3v) is 5.52. The van der Waals surface area contributed by atoms with Gasteiger partial charge in [-0.25, -0.2) is 13.1 Å². The normalized spacial score (nSPS) is 19.1. The summed E-state index contributed by atoms with van der Waals surface area (Å²) in [7, 11) is -2.12. The summed E-state index contributed by atoms with van der Waals surface area (Å²) in [5.74, 6) is -0.0202. The minimum Gasteiger partial charge on any atom is -0.389 e. The Morgan fingerprint density at radius 1 is 1.40 bits per heavy atom. The Balaban J connectivity index is 2.15. The van der Waals surface area contributed by atoms with Gasteiger partial charge in [0.05, 0.1) is 11.3 Å². The fourth-order valence-corrected chi connectivity index (χ4v) is 4.07. The van der Waals surface area contributed by atoms with Crippen molar-refractivity contribution in [2.75, 3.05) is 12.3 Å². The first kappa shape index (κ1) is 15.3. The first-order valence-corrected chi connectivity index (χ1v) is 8.25. The average molecular weight is 302 g/mol. The van der Waals surface area contributed by atoms with E-state index in [9.17, 15) is 13.5 Å². The lowest BCUT2D eigenvalue weighted by atomic mass is 9.85. The summed E-state index contributed by atoms with van der Waals surface area (Å²) >= 11 is 0. The summed E-state index contributed by atoms with van der Waals surface area (Å²) in [5, 5.41) is 14.2. The van der Waals surface area contributed by atoms with Crippen LogP contribution in [-0.4, -0.2) is 35.5 Å². The Morgan fingerprint density at radius 3 is 2.50 bits per heavy atom. The number of nitrogen functional groups attached to an aromatic ring is 1. The molecule has 0 aromatic carbocycles. The SMILES string of the molecule is Cc1c(S(=O)(=O)NCC2(O)CCCCC2)c(N)nn1C. The van der Waals surface area contributed by atoms with Crippen LogP contribution in [0, 0.1) is 6.92 Å². The van der Waals surface area contributed by atoms with E-state index in [-0.39, 0.29) is 17.3 Å². The second kappa shape index (κ2) is 5.34. The van der Waals surface area contributed by atoms with Crippen molar-refractivity contribution in [1.82, 2.24) is 14.5 Å². The number of aromatic nitrogens is 2. The summed E-state index contributed by atoms with van der Waals surface area (Å²) in [6.45, 7) is 1.66. The van der Waals surface area contributed by atoms with Gasteiger partial charge in [-0.2, -0.15) is 5.10 Å². The van der Waals surface area contributed by atoms with Crippen molar-refractivity contribution in [3.05, 3.63) is 5.69 Å². The van der Waals surface area contributed by atoms with Crippen LogP contribution in [-0.2, 0) is 17.1 Å². The van der Waals surface area contributed by atoms with Crippen molar-refractivity contribution >= 4 is 15.8 Å². The fourth-order valence-electron chi connectivity index (χ4n) is 2.63. The quantitative estimate of drug-likeness (QED) is 0.740. The topological polar surface area (TPSA) is 110 Å². The molecule has 1 fully saturated rings. The molecule has 0 aliphatic heterocycles. The molecule has 1 heterocycles. The molecule has 0 radical (unpaired) electrons. The maximum absolute atomic E-state index is 12.3. The van der Waals surface area contributed by atoms with Gasteiger partial charge in [0.2, 0.25) is 10.0 Å². The van der Waals surface area contributed by atoms with Gasteiger partial charge in [0.15, 0.2) is 5.82 Å². The van der Waals surface area contributed by atoms with Crippen LogP contribution in [0.4, 0.5) is 5.82 Å². The molecular weight excluding hydrogens is 280 g/mol. The molecule has 1 aliphatic carbocycles. The van der Waals surface area contributed by atoms with Gasteiger partial charge in [-0.1, -0.05) is 19.3 Å². The van der Waals surface area contributed by atoms with Gasteiger partial charge in [-0.15, -0.1) is 0 Å². The number of nitrogens with one attached hydrogen (secondary N) is 1. The molecule has 0 amide bonds. The van der Waals surface area contributed by atoms with Crippen LogP contribution in [0.25, 0.3) is 0 Å². The third-order valence-electron chi connectivity index (χ3n) is 3.95. The van der Waals surface area contributed by atoms with Crippen LogP contribution in [0.3, 0.4) is 0 Å². The van der Waals surface area contributed by atoms with Gasteiger partial charge in [0.1, 0.15) is 4.90 Å². The highest BCUT2D eigenvalue weighted by Gasteiger charge is 2.32. The van der Waals surface area contributed by atoms with Gasteiger partial charge in [-0.05, 0) is 19.8 Å². The maximum atomic E-state index is 12.3. The number of aliphatic hydroxyl groups is 1. The lowest BCUT2D eigenvalue weighted by Crippen LogP contribution is -2.44. The van der Waals surface area contributed by atoms with Crippen molar-refractivity contribution in [2.45, 2.75) is 49.5 Å². The van der Waals surface area contributed by atoms with Crippen LogP contribution >= 0.6 is 0 Å². The number of nitrogens with zero attached hydrogens (tertiary/aromatic N) is 2. The molecule has 0 atom stereocenters. The summed E-state index contributed by atoms with van der Waals surface area (Å²) in [6, 6.07) is 0. The van der Waals surface area contributed by atoms with Crippen LogP contribution < -0.4 is 10.5 Å². The van der Waals surface area contributed by atoms with Gasteiger partial charge >= 0.3 is 0 Å². The van der Waals surface area contributed by atoms with Crippen LogP contribution in [0.15, 0.2) is 4.90 Å². The molecule has 0 bridgehead atoms.